The summed E-state index contributed by atoms with van der Waals surface area (Å²) in [5.41, 5.74) is 0.903. The SMILES string of the molecule is Cc1ncsc1-c1ccc(CNC(=O)C2CCCN2C(=O)C(NC(=O)COCCCCOc2ccc(-c3cncc(N4C(=S)N(c5ccc(C#N)c(C(F)(F)F)c5F)C(=O)C4(C)C)c3)cc2)C(C)(C)C)cc1. The first-order valence-corrected chi connectivity index (χ1v) is 24.5. The van der Waals surface area contributed by atoms with Crippen LogP contribution in [0.3, 0.4) is 0 Å². The largest absolute Gasteiger partial charge is 0.494 e. The number of unbranched alkanes of at least 4 members (excludes halogenated alkanes) is 1. The first kappa shape index (κ1) is 53.0. The van der Waals surface area contributed by atoms with Crippen LogP contribution in [0.2, 0.25) is 0 Å². The highest BCUT2D eigenvalue weighted by Crippen LogP contribution is 2.42. The molecule has 4 amide bonds. The highest BCUT2D eigenvalue weighted by molar-refractivity contribution is 7.81. The molecule has 2 saturated heterocycles. The molecule has 2 N–H and O–H groups in total. The van der Waals surface area contributed by atoms with E-state index in [1.165, 1.54) is 31.0 Å². The zero-order valence-corrected chi connectivity index (χ0v) is 42.2. The predicted molar refractivity (Wildman–Crippen MR) is 268 cm³/mol. The number of nitrogens with one attached hydrogen (secondary N) is 2. The number of aromatic nitrogens is 2. The second-order valence-corrected chi connectivity index (χ2v) is 20.3. The van der Waals surface area contributed by atoms with Crippen molar-refractivity contribution in [3.05, 3.63) is 113 Å². The van der Waals surface area contributed by atoms with Crippen LogP contribution >= 0.6 is 23.6 Å². The molecule has 0 spiro atoms. The van der Waals surface area contributed by atoms with E-state index >= 15 is 4.39 Å². The maximum absolute atomic E-state index is 15.5. The number of halogens is 4. The smallest absolute Gasteiger partial charge is 0.420 e. The third-order valence-electron chi connectivity index (χ3n) is 12.5. The zero-order chi connectivity index (χ0) is 52.1. The van der Waals surface area contributed by atoms with E-state index in [0.29, 0.717) is 67.3 Å². The fourth-order valence-electron chi connectivity index (χ4n) is 8.64. The van der Waals surface area contributed by atoms with Gasteiger partial charge in [-0.2, -0.15) is 18.4 Å². The number of thiazole rings is 1. The third kappa shape index (κ3) is 11.6. The molecule has 7 rings (SSSR count). The molecule has 4 heterocycles. The molecule has 14 nitrogen and oxygen atoms in total. The van der Waals surface area contributed by atoms with Gasteiger partial charge >= 0.3 is 6.18 Å². The Morgan fingerprint density at radius 1 is 0.986 bits per heavy atom. The van der Waals surface area contributed by atoms with Crippen LogP contribution in [0.5, 0.6) is 5.75 Å². The van der Waals surface area contributed by atoms with Crippen molar-refractivity contribution in [2.75, 3.05) is 36.2 Å². The van der Waals surface area contributed by atoms with Gasteiger partial charge < -0.3 is 29.9 Å². The molecular weight excluding hydrogens is 973 g/mol. The van der Waals surface area contributed by atoms with E-state index in [1.54, 1.807) is 52.8 Å². The first-order chi connectivity index (χ1) is 34.1. The first-order valence-electron chi connectivity index (χ1n) is 23.2. The monoisotopic (exact) mass is 1030 g/mol. The normalized spacial score (nSPS) is 16.2. The van der Waals surface area contributed by atoms with Crippen molar-refractivity contribution < 1.29 is 46.2 Å². The third-order valence-corrected chi connectivity index (χ3v) is 13.8. The fraction of sp³-hybridized carbons (Fsp3) is 0.385. The number of carbonyl (C=O) groups is 4. The number of thiocarbonyl (C=S) groups is 1. The van der Waals surface area contributed by atoms with Crippen molar-refractivity contribution in [3.63, 3.8) is 0 Å². The van der Waals surface area contributed by atoms with Gasteiger partial charge in [0.25, 0.3) is 5.91 Å². The molecule has 0 radical (unpaired) electrons. The summed E-state index contributed by atoms with van der Waals surface area (Å²) < 4.78 is 68.6. The van der Waals surface area contributed by atoms with Gasteiger partial charge in [0.2, 0.25) is 17.7 Å². The van der Waals surface area contributed by atoms with Crippen LogP contribution in [0.4, 0.5) is 28.9 Å². The lowest BCUT2D eigenvalue weighted by atomic mass is 9.85. The van der Waals surface area contributed by atoms with Crippen molar-refractivity contribution in [1.82, 2.24) is 25.5 Å². The molecule has 0 bridgehead atoms. The number of pyridine rings is 1. The lowest BCUT2D eigenvalue weighted by molar-refractivity contribution is -0.144. The number of aryl methyl sites for hydroxylation is 1. The molecule has 2 aliphatic heterocycles. The maximum Gasteiger partial charge on any atom is 0.420 e. The summed E-state index contributed by atoms with van der Waals surface area (Å²) in [6.07, 6.45) is 0.202. The van der Waals surface area contributed by atoms with Gasteiger partial charge in [0.05, 0.1) is 51.9 Å². The van der Waals surface area contributed by atoms with E-state index in [1.807, 2.05) is 57.5 Å². The van der Waals surface area contributed by atoms with Crippen molar-refractivity contribution in [3.8, 4) is 33.4 Å². The average molecular weight is 1030 g/mol. The number of carbonyl (C=O) groups excluding carboxylic acids is 4. The van der Waals surface area contributed by atoms with Gasteiger partial charge in [-0.25, -0.2) is 9.37 Å². The molecule has 2 aliphatic rings. The summed E-state index contributed by atoms with van der Waals surface area (Å²) in [5.74, 6) is -2.98. The number of nitrogens with zero attached hydrogens (tertiary/aromatic N) is 6. The molecule has 0 saturated carbocycles. The van der Waals surface area contributed by atoms with E-state index in [-0.39, 0.29) is 30.1 Å². The number of anilines is 2. The average Bonchev–Trinajstić information content (AvgIpc) is 4.05. The highest BCUT2D eigenvalue weighted by Gasteiger charge is 2.52. The Bertz CT molecular complexity index is 2880. The van der Waals surface area contributed by atoms with Gasteiger partial charge in [0, 0.05) is 31.5 Å². The Morgan fingerprint density at radius 3 is 2.33 bits per heavy atom. The number of nitriles is 1. The number of hydrogen-bond donors (Lipinski definition) is 2. The zero-order valence-electron chi connectivity index (χ0n) is 40.6. The number of ether oxygens (including phenoxy) is 2. The van der Waals surface area contributed by atoms with Gasteiger partial charge in [0.15, 0.2) is 10.9 Å². The molecule has 2 unspecified atom stereocenters. The maximum atomic E-state index is 15.5. The van der Waals surface area contributed by atoms with Crippen LogP contribution in [0.1, 0.15) is 82.7 Å². The lowest BCUT2D eigenvalue weighted by Crippen LogP contribution is -2.58. The summed E-state index contributed by atoms with van der Waals surface area (Å²) >= 11 is 7.16. The lowest BCUT2D eigenvalue weighted by Gasteiger charge is -2.35. The number of benzene rings is 3. The molecule has 0 aliphatic carbocycles. The summed E-state index contributed by atoms with van der Waals surface area (Å²) in [7, 11) is 0. The molecule has 5 aromatic rings. The van der Waals surface area contributed by atoms with E-state index in [0.717, 1.165) is 39.4 Å². The predicted octanol–water partition coefficient (Wildman–Crippen LogP) is 9.14. The number of hydrogen-bond acceptors (Lipinski definition) is 11. The topological polar surface area (TPSA) is 170 Å². The van der Waals surface area contributed by atoms with Crippen LogP contribution in [0, 0.1) is 29.5 Å². The minimum Gasteiger partial charge on any atom is -0.494 e. The summed E-state index contributed by atoms with van der Waals surface area (Å²) in [4.78, 5) is 67.6. The van der Waals surface area contributed by atoms with E-state index in [2.05, 4.69) is 20.6 Å². The van der Waals surface area contributed by atoms with Crippen LogP contribution in [0.15, 0.2) is 84.6 Å². The Kier molecular flexibility index (Phi) is 16.1. The molecule has 3 aromatic carbocycles. The van der Waals surface area contributed by atoms with Crippen LogP contribution in [0.25, 0.3) is 21.6 Å². The minimum atomic E-state index is -5.20. The fourth-order valence-corrected chi connectivity index (χ4v) is 9.97. The molecule has 2 aromatic heterocycles. The Hall–Kier alpha value is -6.82. The molecule has 2 atom stereocenters. The molecule has 72 heavy (non-hydrogen) atoms. The van der Waals surface area contributed by atoms with Gasteiger partial charge in [-0.3, -0.25) is 29.1 Å². The van der Waals surface area contributed by atoms with E-state index < -0.39 is 63.7 Å². The standard InChI is InChI=1S/C52H54F4N8O6S2/c1-31-44(72-30-60-31)34-13-11-32(12-14-34)26-59-46(66)40-10-9-21-62(40)47(67)45(50(2,3)4)61-41(65)29-69-22-7-8-23-70-38-18-15-33(16-19-38)36-24-37(28-58-27-36)64-49(71)63(48(68)51(64,5)6)39-20-17-35(25-57)42(43(39)53)52(54,55)56/h11-20,24,27-28,30,40,45H,7-10,21-23,26,29H2,1-6H3,(H,59,66)(H,61,65). The van der Waals surface area contributed by atoms with Crippen molar-refractivity contribution in [2.45, 2.75) is 97.6 Å². The molecule has 2 fully saturated rings. The Morgan fingerprint density at radius 2 is 1.68 bits per heavy atom. The number of likely N-dealkylation sites (tertiary alicyclic amines) is 1. The summed E-state index contributed by atoms with van der Waals surface area (Å²) in [6.45, 7) is 11.7. The Balaban J connectivity index is 0.856. The van der Waals surface area contributed by atoms with Crippen LogP contribution in [-0.2, 0) is 36.6 Å². The van der Waals surface area contributed by atoms with E-state index in [4.69, 9.17) is 21.7 Å². The van der Waals surface area contributed by atoms with Crippen LogP contribution < -0.4 is 25.2 Å². The van der Waals surface area contributed by atoms with Crippen LogP contribution in [-0.4, -0.2) is 87.6 Å². The van der Waals surface area contributed by atoms with Gasteiger partial charge in [0.1, 0.15) is 35.5 Å². The van der Waals surface area contributed by atoms with Crippen molar-refractivity contribution in [1.29, 1.82) is 5.26 Å². The molecular formula is C52H54F4N8O6S2. The molecule has 378 valence electrons. The minimum absolute atomic E-state index is 0.239. The van der Waals surface area contributed by atoms with E-state index in [9.17, 15) is 37.6 Å². The Labute approximate surface area is 424 Å². The highest BCUT2D eigenvalue weighted by atomic mass is 32.1. The number of alkyl halides is 3. The van der Waals surface area contributed by atoms with Crippen molar-refractivity contribution in [2.24, 2.45) is 5.41 Å². The second kappa shape index (κ2) is 21.9. The van der Waals surface area contributed by atoms with Gasteiger partial charge in [-0.1, -0.05) is 57.2 Å². The molecule has 20 heteroatoms. The van der Waals surface area contributed by atoms with Gasteiger partial charge in [-0.15, -0.1) is 11.3 Å². The van der Waals surface area contributed by atoms with Crippen molar-refractivity contribution >= 4 is 63.7 Å². The summed E-state index contributed by atoms with van der Waals surface area (Å²) in [6, 6.07) is 18.3. The number of amides is 4. The number of rotatable bonds is 17. The van der Waals surface area contributed by atoms with Gasteiger partial charge in [-0.05, 0) is 111 Å². The quantitative estimate of drug-likeness (QED) is 0.0518. The summed E-state index contributed by atoms with van der Waals surface area (Å²) in [5, 5.41) is 14.8. The second-order valence-electron chi connectivity index (χ2n) is 19.1.